The van der Waals surface area contributed by atoms with Crippen LogP contribution in [0.1, 0.15) is 75.3 Å². The van der Waals surface area contributed by atoms with E-state index in [4.69, 9.17) is 5.11 Å². The zero-order valence-corrected chi connectivity index (χ0v) is 18.9. The van der Waals surface area contributed by atoms with Crippen molar-refractivity contribution < 1.29 is 28.6 Å². The molecule has 1 aromatic rings. The average molecular weight is 452 g/mol. The van der Waals surface area contributed by atoms with Crippen molar-refractivity contribution in [2.24, 2.45) is 0 Å². The number of carboxylic acids is 1. The number of allylic oxidation sites excluding steroid dienone is 1. The number of aliphatic carboxylic acids is 1. The van der Waals surface area contributed by atoms with Gasteiger partial charge in [0.1, 0.15) is 5.75 Å². The first-order chi connectivity index (χ1) is 15.2. The molecule has 1 heterocycles. The van der Waals surface area contributed by atoms with E-state index in [1.165, 1.54) is 4.90 Å². The highest BCUT2D eigenvalue weighted by Gasteiger charge is 2.52. The SMILES string of the molecule is Cc1ccc(CCCCC/C=C\C2CC(F)(F)C(=O)N2CCCCCCC(=O)O)cc1O. The molecule has 5 nitrogen and oxygen atoms in total. The maximum absolute atomic E-state index is 13.9. The molecule has 1 fully saturated rings. The molecule has 0 bridgehead atoms. The number of halogens is 2. The van der Waals surface area contributed by atoms with Crippen LogP contribution in [0.5, 0.6) is 5.75 Å². The van der Waals surface area contributed by atoms with Crippen LogP contribution in [0.2, 0.25) is 0 Å². The topological polar surface area (TPSA) is 77.8 Å². The molecule has 0 spiro atoms. The van der Waals surface area contributed by atoms with Gasteiger partial charge in [-0.15, -0.1) is 0 Å². The number of alkyl halides is 2. The summed E-state index contributed by atoms with van der Waals surface area (Å²) in [4.78, 5) is 23.8. The molecule has 0 aromatic heterocycles. The van der Waals surface area contributed by atoms with Gasteiger partial charge in [0, 0.05) is 19.4 Å². The second-order valence-electron chi connectivity index (χ2n) is 8.68. The van der Waals surface area contributed by atoms with Crippen LogP contribution >= 0.6 is 0 Å². The maximum Gasteiger partial charge on any atom is 0.327 e. The molecule has 2 N–H and O–H groups in total. The van der Waals surface area contributed by atoms with Gasteiger partial charge in [-0.25, -0.2) is 0 Å². The highest BCUT2D eigenvalue weighted by molar-refractivity contribution is 5.86. The first-order valence-corrected chi connectivity index (χ1v) is 11.6. The van der Waals surface area contributed by atoms with E-state index < -0.39 is 30.3 Å². The second-order valence-corrected chi connectivity index (χ2v) is 8.68. The summed E-state index contributed by atoms with van der Waals surface area (Å²) in [6.07, 6.45) is 10.5. The molecule has 0 saturated carbocycles. The number of hydrogen-bond acceptors (Lipinski definition) is 3. The minimum Gasteiger partial charge on any atom is -0.508 e. The molecule has 2 rings (SSSR count). The number of benzene rings is 1. The predicted octanol–water partition coefficient (Wildman–Crippen LogP) is 5.63. The fourth-order valence-corrected chi connectivity index (χ4v) is 4.00. The van der Waals surface area contributed by atoms with Crippen LogP contribution in [0, 0.1) is 6.92 Å². The number of carbonyl (C=O) groups excluding carboxylic acids is 1. The summed E-state index contributed by atoms with van der Waals surface area (Å²) in [5.74, 6) is -4.92. The minimum absolute atomic E-state index is 0.111. The van der Waals surface area contributed by atoms with Crippen molar-refractivity contribution in [3.8, 4) is 5.75 Å². The number of rotatable bonds is 14. The molecule has 178 valence electrons. The average Bonchev–Trinajstić information content (AvgIpc) is 2.94. The van der Waals surface area contributed by atoms with Gasteiger partial charge in [0.15, 0.2) is 0 Å². The van der Waals surface area contributed by atoms with Crippen molar-refractivity contribution in [2.75, 3.05) is 6.54 Å². The molecule has 1 amide bonds. The predicted molar refractivity (Wildman–Crippen MR) is 120 cm³/mol. The molecule has 1 atom stereocenters. The van der Waals surface area contributed by atoms with E-state index in [1.54, 1.807) is 12.1 Å². The zero-order chi connectivity index (χ0) is 23.6. The van der Waals surface area contributed by atoms with Crippen molar-refractivity contribution in [1.29, 1.82) is 0 Å². The Kier molecular flexibility index (Phi) is 10.1. The van der Waals surface area contributed by atoms with Crippen LogP contribution in [-0.2, 0) is 16.0 Å². The van der Waals surface area contributed by atoms with Gasteiger partial charge in [0.2, 0.25) is 0 Å². The van der Waals surface area contributed by atoms with Gasteiger partial charge in [0.05, 0.1) is 6.04 Å². The van der Waals surface area contributed by atoms with Gasteiger partial charge in [0.25, 0.3) is 5.91 Å². The van der Waals surface area contributed by atoms with Crippen LogP contribution in [0.4, 0.5) is 8.78 Å². The molecule has 1 aromatic carbocycles. The Morgan fingerprint density at radius 2 is 1.88 bits per heavy atom. The molecule has 1 saturated heterocycles. The number of phenols is 1. The van der Waals surface area contributed by atoms with E-state index in [1.807, 2.05) is 25.1 Å². The first kappa shape index (κ1) is 25.8. The van der Waals surface area contributed by atoms with E-state index >= 15 is 0 Å². The molecule has 1 unspecified atom stereocenters. The molecule has 1 aliphatic rings. The Morgan fingerprint density at radius 3 is 2.59 bits per heavy atom. The lowest BCUT2D eigenvalue weighted by Crippen LogP contribution is -2.36. The highest BCUT2D eigenvalue weighted by atomic mass is 19.3. The quantitative estimate of drug-likeness (QED) is 0.284. The molecule has 0 radical (unpaired) electrons. The second kappa shape index (κ2) is 12.6. The number of carboxylic acid groups (broad SMARTS) is 1. The smallest absolute Gasteiger partial charge is 0.327 e. The Bertz CT molecular complexity index is 794. The summed E-state index contributed by atoms with van der Waals surface area (Å²) >= 11 is 0. The largest absolute Gasteiger partial charge is 0.508 e. The molecule has 32 heavy (non-hydrogen) atoms. The summed E-state index contributed by atoms with van der Waals surface area (Å²) in [6, 6.07) is 5.15. The van der Waals surface area contributed by atoms with Gasteiger partial charge < -0.3 is 15.1 Å². The van der Waals surface area contributed by atoms with E-state index in [0.29, 0.717) is 25.0 Å². The van der Waals surface area contributed by atoms with E-state index in [2.05, 4.69) is 0 Å². The fraction of sp³-hybridized carbons (Fsp3) is 0.600. The van der Waals surface area contributed by atoms with E-state index in [-0.39, 0.29) is 13.0 Å². The molecular weight excluding hydrogens is 416 g/mol. The number of aryl methyl sites for hydroxylation is 2. The number of aromatic hydroxyl groups is 1. The third-order valence-corrected chi connectivity index (χ3v) is 5.95. The van der Waals surface area contributed by atoms with Gasteiger partial charge in [-0.05, 0) is 62.6 Å². The number of hydrogen-bond donors (Lipinski definition) is 2. The lowest BCUT2D eigenvalue weighted by molar-refractivity contribution is -0.148. The summed E-state index contributed by atoms with van der Waals surface area (Å²) < 4.78 is 27.9. The third-order valence-electron chi connectivity index (χ3n) is 5.95. The monoisotopic (exact) mass is 451 g/mol. The van der Waals surface area contributed by atoms with Crippen molar-refractivity contribution in [3.05, 3.63) is 41.5 Å². The maximum atomic E-state index is 13.9. The summed E-state index contributed by atoms with van der Waals surface area (Å²) in [5.41, 5.74) is 1.97. The summed E-state index contributed by atoms with van der Waals surface area (Å²) in [6.45, 7) is 2.14. The number of amides is 1. The number of likely N-dealkylation sites (tertiary alicyclic amines) is 1. The molecular formula is C25H35F2NO4. The summed E-state index contributed by atoms with van der Waals surface area (Å²) in [5, 5.41) is 18.4. The Balaban J connectivity index is 1.69. The minimum atomic E-state index is -3.31. The van der Waals surface area contributed by atoms with Crippen molar-refractivity contribution >= 4 is 11.9 Å². The van der Waals surface area contributed by atoms with Gasteiger partial charge in [-0.3, -0.25) is 9.59 Å². The Labute approximate surface area is 189 Å². The van der Waals surface area contributed by atoms with Gasteiger partial charge in [-0.1, -0.05) is 43.5 Å². The van der Waals surface area contributed by atoms with Crippen molar-refractivity contribution in [3.63, 3.8) is 0 Å². The zero-order valence-electron chi connectivity index (χ0n) is 18.9. The van der Waals surface area contributed by atoms with Gasteiger partial charge in [-0.2, -0.15) is 8.78 Å². The Hall–Kier alpha value is -2.44. The Morgan fingerprint density at radius 1 is 1.16 bits per heavy atom. The van der Waals surface area contributed by atoms with E-state index in [9.17, 15) is 23.5 Å². The molecule has 1 aliphatic heterocycles. The normalized spacial score (nSPS) is 18.0. The lowest BCUT2D eigenvalue weighted by atomic mass is 10.0. The standard InChI is InChI=1S/C25H35F2NO4/c1-19-14-15-20(17-22(19)29)11-7-3-2-4-8-12-21-18-25(26,27)24(32)28(21)16-10-6-5-9-13-23(30)31/h8,12,14-15,17,21,29H,2-7,9-11,13,16,18H2,1H3,(H,30,31)/b12-8-. The third kappa shape index (κ3) is 8.24. The van der Waals surface area contributed by atoms with Crippen LogP contribution in [0.15, 0.2) is 30.4 Å². The number of carbonyl (C=O) groups is 2. The van der Waals surface area contributed by atoms with Gasteiger partial charge >= 0.3 is 11.9 Å². The summed E-state index contributed by atoms with van der Waals surface area (Å²) in [7, 11) is 0. The molecule has 0 aliphatic carbocycles. The van der Waals surface area contributed by atoms with Crippen LogP contribution in [-0.4, -0.2) is 45.5 Å². The highest BCUT2D eigenvalue weighted by Crippen LogP contribution is 2.34. The number of unbranched alkanes of at least 4 members (excludes halogenated alkanes) is 6. The van der Waals surface area contributed by atoms with Crippen molar-refractivity contribution in [2.45, 2.75) is 89.5 Å². The first-order valence-electron chi connectivity index (χ1n) is 11.6. The fourth-order valence-electron chi connectivity index (χ4n) is 4.00. The number of phenolic OH excluding ortho intramolecular Hbond substituents is 1. The number of nitrogens with zero attached hydrogens (tertiary/aromatic N) is 1. The van der Waals surface area contributed by atoms with Crippen LogP contribution in [0.3, 0.4) is 0 Å². The van der Waals surface area contributed by atoms with Crippen LogP contribution < -0.4 is 0 Å². The van der Waals surface area contributed by atoms with Crippen LogP contribution in [0.25, 0.3) is 0 Å². The lowest BCUT2D eigenvalue weighted by Gasteiger charge is -2.21. The van der Waals surface area contributed by atoms with E-state index in [0.717, 1.165) is 49.7 Å². The van der Waals surface area contributed by atoms with Crippen molar-refractivity contribution in [1.82, 2.24) is 4.90 Å². The molecule has 7 heteroatoms.